The van der Waals surface area contributed by atoms with E-state index in [0.717, 1.165) is 24.0 Å². The standard InChI is InChI=1S/C29H29N3O4/c1-4-17-29(21-11-7-5-8-12-21,22-13-9-6-10-14-22)36-20-28(18-19-28)27-30-25-24(34-2)16-15-23(26(33)35-3)32(25)31-27/h4-16H,1,17-20H2,2-3H3. The van der Waals surface area contributed by atoms with Crippen molar-refractivity contribution >= 4 is 11.6 Å². The van der Waals surface area contributed by atoms with Gasteiger partial charge < -0.3 is 14.2 Å². The quantitative estimate of drug-likeness (QED) is 0.231. The zero-order valence-electron chi connectivity index (χ0n) is 20.5. The van der Waals surface area contributed by atoms with Gasteiger partial charge in [0, 0.05) is 6.42 Å². The van der Waals surface area contributed by atoms with Gasteiger partial charge in [0.05, 0.1) is 26.2 Å². The van der Waals surface area contributed by atoms with Crippen LogP contribution in [0.15, 0.2) is 85.5 Å². The van der Waals surface area contributed by atoms with Crippen LogP contribution < -0.4 is 4.74 Å². The fraction of sp³-hybridized carbons (Fsp3) is 0.276. The summed E-state index contributed by atoms with van der Waals surface area (Å²) in [6.07, 6.45) is 4.27. The molecule has 0 unspecified atom stereocenters. The number of benzene rings is 2. The first-order chi connectivity index (χ1) is 17.6. The molecule has 0 saturated heterocycles. The van der Waals surface area contributed by atoms with E-state index in [2.05, 4.69) is 30.8 Å². The summed E-state index contributed by atoms with van der Waals surface area (Å²) in [5.41, 5.74) is 1.83. The SMILES string of the molecule is C=CCC(OCC1(c2nc3c(OC)ccc(C(=O)OC)n3n2)CC1)(c1ccccc1)c1ccccc1. The molecular formula is C29H29N3O4. The summed E-state index contributed by atoms with van der Waals surface area (Å²) in [6.45, 7) is 4.45. The summed E-state index contributed by atoms with van der Waals surface area (Å²) < 4.78 is 18.8. The molecule has 0 aliphatic heterocycles. The highest BCUT2D eigenvalue weighted by atomic mass is 16.5. The molecule has 7 nitrogen and oxygen atoms in total. The highest BCUT2D eigenvalue weighted by Crippen LogP contribution is 2.50. The predicted octanol–water partition coefficient (Wildman–Crippen LogP) is 5.09. The Kier molecular flexibility index (Phi) is 6.33. The largest absolute Gasteiger partial charge is 0.493 e. The first-order valence-corrected chi connectivity index (χ1v) is 12.0. The molecule has 0 spiro atoms. The zero-order chi connectivity index (χ0) is 25.2. The maximum atomic E-state index is 12.4. The highest BCUT2D eigenvalue weighted by molar-refractivity contribution is 5.88. The van der Waals surface area contributed by atoms with E-state index in [4.69, 9.17) is 24.3 Å². The van der Waals surface area contributed by atoms with Gasteiger partial charge in [0.15, 0.2) is 22.9 Å². The van der Waals surface area contributed by atoms with E-state index >= 15 is 0 Å². The second kappa shape index (κ2) is 9.59. The Morgan fingerprint density at radius 2 is 1.67 bits per heavy atom. The molecule has 0 radical (unpaired) electrons. The second-order valence-corrected chi connectivity index (χ2v) is 9.07. The molecular weight excluding hydrogens is 454 g/mol. The lowest BCUT2D eigenvalue weighted by molar-refractivity contribution is -0.0290. The molecule has 0 bridgehead atoms. The van der Waals surface area contributed by atoms with Gasteiger partial charge in [-0.1, -0.05) is 66.7 Å². The molecule has 0 amide bonds. The van der Waals surface area contributed by atoms with E-state index in [1.54, 1.807) is 19.2 Å². The molecule has 0 N–H and O–H groups in total. The van der Waals surface area contributed by atoms with Crippen molar-refractivity contribution < 1.29 is 19.0 Å². The van der Waals surface area contributed by atoms with Crippen molar-refractivity contribution in [3.8, 4) is 5.75 Å². The van der Waals surface area contributed by atoms with Crippen molar-refractivity contribution in [3.63, 3.8) is 0 Å². The minimum absolute atomic E-state index is 0.290. The Hall–Kier alpha value is -3.97. The fourth-order valence-electron chi connectivity index (χ4n) is 4.67. The van der Waals surface area contributed by atoms with Gasteiger partial charge in [-0.2, -0.15) is 0 Å². The van der Waals surface area contributed by atoms with Gasteiger partial charge in [-0.3, -0.25) is 0 Å². The molecule has 7 heteroatoms. The van der Waals surface area contributed by atoms with Gasteiger partial charge >= 0.3 is 5.97 Å². The monoisotopic (exact) mass is 483 g/mol. The summed E-state index contributed by atoms with van der Waals surface area (Å²) >= 11 is 0. The van der Waals surface area contributed by atoms with Gasteiger partial charge in [0.2, 0.25) is 0 Å². The molecule has 1 saturated carbocycles. The smallest absolute Gasteiger partial charge is 0.356 e. The molecule has 5 rings (SSSR count). The van der Waals surface area contributed by atoms with Crippen LogP contribution in [0.5, 0.6) is 5.75 Å². The van der Waals surface area contributed by atoms with Crippen LogP contribution >= 0.6 is 0 Å². The molecule has 1 aliphatic rings. The van der Waals surface area contributed by atoms with Crippen LogP contribution in [0.4, 0.5) is 0 Å². The highest BCUT2D eigenvalue weighted by Gasteiger charge is 2.50. The number of carbonyl (C=O) groups excluding carboxylic acids is 1. The van der Waals surface area contributed by atoms with Crippen molar-refractivity contribution in [1.82, 2.24) is 14.6 Å². The number of aromatic nitrogens is 3. The van der Waals surface area contributed by atoms with Gasteiger partial charge in [-0.25, -0.2) is 14.3 Å². The lowest BCUT2D eigenvalue weighted by atomic mass is 9.83. The fourth-order valence-corrected chi connectivity index (χ4v) is 4.67. The average Bonchev–Trinajstić information content (AvgIpc) is 3.59. The number of rotatable bonds is 10. The van der Waals surface area contributed by atoms with E-state index in [-0.39, 0.29) is 5.41 Å². The van der Waals surface area contributed by atoms with Crippen LogP contribution in [0.25, 0.3) is 5.65 Å². The Morgan fingerprint density at radius 3 is 2.19 bits per heavy atom. The first-order valence-electron chi connectivity index (χ1n) is 12.0. The summed E-state index contributed by atoms with van der Waals surface area (Å²) in [5, 5.41) is 4.74. The molecule has 4 aromatic rings. The summed E-state index contributed by atoms with van der Waals surface area (Å²) in [5.74, 6) is 0.678. The molecule has 1 aliphatic carbocycles. The predicted molar refractivity (Wildman–Crippen MR) is 136 cm³/mol. The Labute approximate surface area is 210 Å². The lowest BCUT2D eigenvalue weighted by Crippen LogP contribution is -2.34. The van der Waals surface area contributed by atoms with Crippen LogP contribution in [0.2, 0.25) is 0 Å². The van der Waals surface area contributed by atoms with Gasteiger partial charge in [-0.15, -0.1) is 11.7 Å². The van der Waals surface area contributed by atoms with Crippen LogP contribution in [-0.2, 0) is 20.5 Å². The topological polar surface area (TPSA) is 75.0 Å². The zero-order valence-corrected chi connectivity index (χ0v) is 20.5. The molecule has 1 fully saturated rings. The molecule has 0 atom stereocenters. The van der Waals surface area contributed by atoms with Gasteiger partial charge in [0.1, 0.15) is 5.60 Å². The number of nitrogens with zero attached hydrogens (tertiary/aromatic N) is 3. The number of carbonyl (C=O) groups is 1. The van der Waals surface area contributed by atoms with Crippen molar-refractivity contribution in [2.75, 3.05) is 20.8 Å². The third kappa shape index (κ3) is 4.05. The Bertz CT molecular complexity index is 1340. The van der Waals surface area contributed by atoms with E-state index in [1.165, 1.54) is 11.6 Å². The maximum Gasteiger partial charge on any atom is 0.356 e. The van der Waals surface area contributed by atoms with Crippen LogP contribution in [0.3, 0.4) is 0 Å². The molecule has 2 aromatic carbocycles. The first kappa shape index (κ1) is 23.8. The normalized spacial score (nSPS) is 14.4. The van der Waals surface area contributed by atoms with Gasteiger partial charge in [0.25, 0.3) is 0 Å². The Morgan fingerprint density at radius 1 is 1.03 bits per heavy atom. The average molecular weight is 484 g/mol. The maximum absolute atomic E-state index is 12.4. The summed E-state index contributed by atoms with van der Waals surface area (Å²) in [4.78, 5) is 17.2. The van der Waals surface area contributed by atoms with Crippen LogP contribution in [-0.4, -0.2) is 41.4 Å². The molecule has 2 heterocycles. The molecule has 36 heavy (non-hydrogen) atoms. The van der Waals surface area contributed by atoms with E-state index in [0.29, 0.717) is 35.9 Å². The van der Waals surface area contributed by atoms with Crippen molar-refractivity contribution in [2.24, 2.45) is 0 Å². The number of hydrogen-bond acceptors (Lipinski definition) is 6. The third-order valence-corrected chi connectivity index (χ3v) is 6.90. The van der Waals surface area contributed by atoms with Crippen molar-refractivity contribution in [3.05, 3.63) is 108 Å². The molecule has 184 valence electrons. The number of fused-ring (bicyclic) bond motifs is 1. The second-order valence-electron chi connectivity index (χ2n) is 9.07. The molecule has 2 aromatic heterocycles. The third-order valence-electron chi connectivity index (χ3n) is 6.90. The minimum atomic E-state index is -0.701. The number of pyridine rings is 1. The van der Waals surface area contributed by atoms with Crippen molar-refractivity contribution in [2.45, 2.75) is 30.3 Å². The lowest BCUT2D eigenvalue weighted by Gasteiger charge is -2.35. The van der Waals surface area contributed by atoms with Crippen LogP contribution in [0.1, 0.15) is 46.7 Å². The minimum Gasteiger partial charge on any atom is -0.493 e. The number of methoxy groups -OCH3 is 2. The van der Waals surface area contributed by atoms with Crippen LogP contribution in [0, 0.1) is 0 Å². The van der Waals surface area contributed by atoms with E-state index in [1.807, 2.05) is 42.5 Å². The van der Waals surface area contributed by atoms with Gasteiger partial charge in [-0.05, 0) is 36.1 Å². The van der Waals surface area contributed by atoms with E-state index < -0.39 is 11.6 Å². The number of ether oxygens (including phenoxy) is 3. The number of esters is 1. The summed E-state index contributed by atoms with van der Waals surface area (Å²) in [6, 6.07) is 23.8. The number of hydrogen-bond donors (Lipinski definition) is 0. The summed E-state index contributed by atoms with van der Waals surface area (Å²) in [7, 11) is 2.92. The van der Waals surface area contributed by atoms with Crippen molar-refractivity contribution in [1.29, 1.82) is 0 Å². The Balaban J connectivity index is 1.55. The van der Waals surface area contributed by atoms with E-state index in [9.17, 15) is 4.79 Å².